The van der Waals surface area contributed by atoms with Crippen molar-refractivity contribution in [2.24, 2.45) is 11.7 Å². The summed E-state index contributed by atoms with van der Waals surface area (Å²) < 4.78 is 5.61. The molecule has 0 saturated heterocycles. The van der Waals surface area contributed by atoms with Gasteiger partial charge in [0.15, 0.2) is 0 Å². The second kappa shape index (κ2) is 9.11. The Morgan fingerprint density at radius 3 is 2.67 bits per heavy atom. The van der Waals surface area contributed by atoms with Crippen molar-refractivity contribution in [3.63, 3.8) is 0 Å². The summed E-state index contributed by atoms with van der Waals surface area (Å²) in [4.78, 5) is 11.6. The molecule has 0 spiro atoms. The molecule has 2 aliphatic rings. The van der Waals surface area contributed by atoms with E-state index in [-0.39, 0.29) is 11.5 Å². The Morgan fingerprint density at radius 1 is 1.17 bits per heavy atom. The molecule has 3 N–H and O–H groups in total. The van der Waals surface area contributed by atoms with Gasteiger partial charge in [0.25, 0.3) is 0 Å². The van der Waals surface area contributed by atoms with Gasteiger partial charge < -0.3 is 15.8 Å². The van der Waals surface area contributed by atoms with Crippen LogP contribution in [0.25, 0.3) is 0 Å². The molecule has 2 aromatic rings. The SMILES string of the molecule is CC1(CCc2ccccc2)CNc2ccc(C(CC3CCCCC3)OC(N)=O)cc21. The van der Waals surface area contributed by atoms with E-state index in [1.165, 1.54) is 48.9 Å². The average molecular weight is 407 g/mol. The smallest absolute Gasteiger partial charge is 0.405 e. The van der Waals surface area contributed by atoms with E-state index in [0.717, 1.165) is 31.4 Å². The molecule has 0 bridgehead atoms. The number of carbonyl (C=O) groups is 1. The molecule has 1 fully saturated rings. The third kappa shape index (κ3) is 4.80. The zero-order valence-corrected chi connectivity index (χ0v) is 18.0. The molecule has 1 aliphatic carbocycles. The molecule has 1 amide bonds. The van der Waals surface area contributed by atoms with Crippen LogP contribution in [0.5, 0.6) is 0 Å². The van der Waals surface area contributed by atoms with E-state index >= 15 is 0 Å². The van der Waals surface area contributed by atoms with E-state index in [9.17, 15) is 4.79 Å². The molecular formula is C26H34N2O2. The number of hydrogen-bond acceptors (Lipinski definition) is 3. The second-order valence-corrected chi connectivity index (χ2v) is 9.37. The molecule has 2 aromatic carbocycles. The minimum atomic E-state index is -0.679. The topological polar surface area (TPSA) is 64.3 Å². The highest BCUT2D eigenvalue weighted by Gasteiger charge is 2.35. The summed E-state index contributed by atoms with van der Waals surface area (Å²) in [5.41, 5.74) is 10.5. The predicted molar refractivity (Wildman–Crippen MR) is 122 cm³/mol. The monoisotopic (exact) mass is 406 g/mol. The number of benzene rings is 2. The molecule has 4 rings (SSSR count). The van der Waals surface area contributed by atoms with E-state index in [2.05, 4.69) is 60.8 Å². The fourth-order valence-corrected chi connectivity index (χ4v) is 5.21. The molecule has 2 unspecified atom stereocenters. The largest absolute Gasteiger partial charge is 0.442 e. The number of amides is 1. The van der Waals surface area contributed by atoms with E-state index in [1.54, 1.807) is 0 Å². The van der Waals surface area contributed by atoms with Gasteiger partial charge in [-0.2, -0.15) is 0 Å². The van der Waals surface area contributed by atoms with Crippen molar-refractivity contribution in [2.75, 3.05) is 11.9 Å². The predicted octanol–water partition coefficient (Wildman–Crippen LogP) is 6.11. The summed E-state index contributed by atoms with van der Waals surface area (Å²) in [6.45, 7) is 3.27. The van der Waals surface area contributed by atoms with E-state index in [0.29, 0.717) is 5.92 Å². The van der Waals surface area contributed by atoms with Crippen LogP contribution in [-0.4, -0.2) is 12.6 Å². The molecule has 1 saturated carbocycles. The summed E-state index contributed by atoms with van der Waals surface area (Å²) in [5.74, 6) is 0.610. The van der Waals surface area contributed by atoms with Gasteiger partial charge in [0.1, 0.15) is 6.10 Å². The number of nitrogens with two attached hydrogens (primary N) is 1. The first-order valence-electron chi connectivity index (χ1n) is 11.4. The number of anilines is 1. The first-order chi connectivity index (χ1) is 14.5. The Morgan fingerprint density at radius 2 is 1.93 bits per heavy atom. The molecule has 4 heteroatoms. The Bertz CT molecular complexity index is 861. The standard InChI is InChI=1S/C26H34N2O2/c1-26(15-14-19-8-4-2-5-9-19)18-28-23-13-12-21(17-22(23)26)24(30-25(27)29)16-20-10-6-3-7-11-20/h2,4-5,8-9,12-13,17,20,24,28H,3,6-7,10-11,14-16,18H2,1H3,(H2,27,29). The second-order valence-electron chi connectivity index (χ2n) is 9.37. The number of hydrogen-bond donors (Lipinski definition) is 2. The van der Waals surface area contributed by atoms with Crippen molar-refractivity contribution in [2.45, 2.75) is 69.8 Å². The first kappa shape index (κ1) is 20.8. The quantitative estimate of drug-likeness (QED) is 0.583. The maximum atomic E-state index is 11.6. The number of rotatable bonds is 7. The zero-order chi connectivity index (χ0) is 21.0. The van der Waals surface area contributed by atoms with Crippen LogP contribution in [0, 0.1) is 5.92 Å². The molecule has 0 radical (unpaired) electrons. The highest BCUT2D eigenvalue weighted by atomic mass is 16.6. The fraction of sp³-hybridized carbons (Fsp3) is 0.500. The van der Waals surface area contributed by atoms with Gasteiger partial charge in [-0.25, -0.2) is 4.79 Å². The Kier molecular flexibility index (Phi) is 6.31. The number of primary amides is 1. The third-order valence-corrected chi connectivity index (χ3v) is 7.07. The molecule has 160 valence electrons. The number of aryl methyl sites for hydroxylation is 1. The normalized spacial score (nSPS) is 22.2. The lowest BCUT2D eigenvalue weighted by atomic mass is 9.78. The molecule has 1 heterocycles. The van der Waals surface area contributed by atoms with Crippen LogP contribution >= 0.6 is 0 Å². The summed E-state index contributed by atoms with van der Waals surface area (Å²) >= 11 is 0. The van der Waals surface area contributed by atoms with E-state index < -0.39 is 6.09 Å². The van der Waals surface area contributed by atoms with Crippen LogP contribution in [0.4, 0.5) is 10.5 Å². The maximum Gasteiger partial charge on any atom is 0.405 e. The van der Waals surface area contributed by atoms with Crippen molar-refractivity contribution in [3.05, 3.63) is 65.2 Å². The van der Waals surface area contributed by atoms with Crippen LogP contribution in [0.1, 0.15) is 74.7 Å². The van der Waals surface area contributed by atoms with Crippen LogP contribution in [0.2, 0.25) is 0 Å². The number of carbonyl (C=O) groups excluding carboxylic acids is 1. The highest BCUT2D eigenvalue weighted by molar-refractivity contribution is 5.65. The third-order valence-electron chi connectivity index (χ3n) is 7.07. The van der Waals surface area contributed by atoms with Crippen LogP contribution in [0.15, 0.2) is 48.5 Å². The minimum Gasteiger partial charge on any atom is -0.442 e. The number of ether oxygens (including phenoxy) is 1. The molecule has 2 atom stereocenters. The van der Waals surface area contributed by atoms with Crippen molar-refractivity contribution >= 4 is 11.8 Å². The molecular weight excluding hydrogens is 372 g/mol. The van der Waals surface area contributed by atoms with Crippen molar-refractivity contribution in [1.29, 1.82) is 0 Å². The van der Waals surface area contributed by atoms with Gasteiger partial charge in [0.05, 0.1) is 0 Å². The van der Waals surface area contributed by atoms with Gasteiger partial charge in [-0.05, 0) is 54.0 Å². The Balaban J connectivity index is 1.54. The van der Waals surface area contributed by atoms with Gasteiger partial charge in [0, 0.05) is 17.6 Å². The minimum absolute atomic E-state index is 0.0588. The summed E-state index contributed by atoms with van der Waals surface area (Å²) in [6.07, 6.45) is 8.38. The zero-order valence-electron chi connectivity index (χ0n) is 18.0. The summed E-state index contributed by atoms with van der Waals surface area (Å²) in [6, 6.07) is 17.2. The lowest BCUT2D eigenvalue weighted by Crippen LogP contribution is -2.25. The van der Waals surface area contributed by atoms with E-state index in [1.807, 2.05) is 0 Å². The summed E-state index contributed by atoms with van der Waals surface area (Å²) in [5, 5.41) is 3.58. The first-order valence-corrected chi connectivity index (χ1v) is 11.4. The maximum absolute atomic E-state index is 11.6. The molecule has 0 aromatic heterocycles. The fourth-order valence-electron chi connectivity index (χ4n) is 5.21. The molecule has 1 aliphatic heterocycles. The van der Waals surface area contributed by atoms with Crippen molar-refractivity contribution in [1.82, 2.24) is 0 Å². The van der Waals surface area contributed by atoms with Crippen molar-refractivity contribution in [3.8, 4) is 0 Å². The lowest BCUT2D eigenvalue weighted by Gasteiger charge is -2.28. The number of nitrogens with one attached hydrogen (secondary N) is 1. The van der Waals surface area contributed by atoms with Crippen LogP contribution in [-0.2, 0) is 16.6 Å². The van der Waals surface area contributed by atoms with Gasteiger partial charge in [-0.15, -0.1) is 0 Å². The summed E-state index contributed by atoms with van der Waals surface area (Å²) in [7, 11) is 0. The Hall–Kier alpha value is -2.49. The van der Waals surface area contributed by atoms with Crippen LogP contribution < -0.4 is 11.1 Å². The van der Waals surface area contributed by atoms with E-state index in [4.69, 9.17) is 10.5 Å². The van der Waals surface area contributed by atoms with Gasteiger partial charge in [-0.3, -0.25) is 0 Å². The highest BCUT2D eigenvalue weighted by Crippen LogP contribution is 2.42. The van der Waals surface area contributed by atoms with Gasteiger partial charge in [0.2, 0.25) is 0 Å². The van der Waals surface area contributed by atoms with Crippen molar-refractivity contribution < 1.29 is 9.53 Å². The molecule has 4 nitrogen and oxygen atoms in total. The van der Waals surface area contributed by atoms with Gasteiger partial charge >= 0.3 is 6.09 Å². The van der Waals surface area contributed by atoms with Crippen LogP contribution in [0.3, 0.4) is 0 Å². The number of fused-ring (bicyclic) bond motifs is 1. The molecule has 30 heavy (non-hydrogen) atoms. The Labute approximate surface area is 180 Å². The lowest BCUT2D eigenvalue weighted by molar-refractivity contribution is 0.0845. The van der Waals surface area contributed by atoms with Gasteiger partial charge in [-0.1, -0.05) is 75.4 Å². The average Bonchev–Trinajstić information content (AvgIpc) is 3.09.